The largest absolute Gasteiger partial charge is 0.707 e. The van der Waals surface area contributed by atoms with Crippen molar-refractivity contribution in [2.75, 3.05) is 7.11 Å². The van der Waals surface area contributed by atoms with E-state index in [1.807, 2.05) is 19.9 Å². The molecule has 0 bridgehead atoms. The Morgan fingerprint density at radius 3 is 2.40 bits per heavy atom. The van der Waals surface area contributed by atoms with E-state index >= 15 is 0 Å². The normalized spacial score (nSPS) is 10.3. The van der Waals surface area contributed by atoms with Crippen LogP contribution in [0.4, 0.5) is 0 Å². The molecule has 1 aromatic carbocycles. The molecule has 0 heterocycles. The summed E-state index contributed by atoms with van der Waals surface area (Å²) in [6.45, 7) is 3.98. The lowest BCUT2D eigenvalue weighted by molar-refractivity contribution is 0.286. The minimum Gasteiger partial charge on any atom is -0.512 e. The molecular weight excluding hydrogens is 195 g/mol. The first-order valence-corrected chi connectivity index (χ1v) is 4.75. The van der Waals surface area contributed by atoms with Crippen LogP contribution in [0.1, 0.15) is 25.3 Å². The van der Waals surface area contributed by atoms with Gasteiger partial charge < -0.3 is 19.4 Å². The fourth-order valence-electron chi connectivity index (χ4n) is 1.33. The van der Waals surface area contributed by atoms with Gasteiger partial charge in [0.2, 0.25) is 0 Å². The average Bonchev–Trinajstić information content (AvgIpc) is 2.17. The third kappa shape index (κ3) is 3.14. The maximum atomic E-state index is 8.74. The molecule has 0 spiro atoms. The Bertz CT molecular complexity index is 325. The van der Waals surface area contributed by atoms with Gasteiger partial charge in [-0.1, -0.05) is 13.8 Å². The zero-order valence-electron chi connectivity index (χ0n) is 9.10. The van der Waals surface area contributed by atoms with Crippen molar-refractivity contribution in [1.82, 2.24) is 0 Å². The minimum absolute atomic E-state index is 0.217. The number of hydrogen-bond donors (Lipinski definition) is 2. The van der Waals surface area contributed by atoms with Crippen LogP contribution in [0.2, 0.25) is 0 Å². The Morgan fingerprint density at radius 1 is 1.27 bits per heavy atom. The lowest BCUT2D eigenvalue weighted by Gasteiger charge is -2.14. The van der Waals surface area contributed by atoms with Gasteiger partial charge in [0.15, 0.2) is 0 Å². The first kappa shape index (κ1) is 11.9. The molecule has 5 heteroatoms. The summed E-state index contributed by atoms with van der Waals surface area (Å²) in [5.74, 6) is 1.40. The molecule has 4 nitrogen and oxygen atoms in total. The highest BCUT2D eigenvalue weighted by molar-refractivity contribution is 6.33. The van der Waals surface area contributed by atoms with Crippen LogP contribution >= 0.6 is 0 Å². The molecule has 82 valence electrons. The lowest BCUT2D eigenvalue weighted by Crippen LogP contribution is -2.21. The van der Waals surface area contributed by atoms with E-state index in [-0.39, 0.29) is 5.92 Å². The third-order valence-electron chi connectivity index (χ3n) is 2.07. The van der Waals surface area contributed by atoms with Crippen LogP contribution in [0.5, 0.6) is 11.5 Å². The summed E-state index contributed by atoms with van der Waals surface area (Å²) in [5.41, 5.74) is 0.877. The first-order valence-electron chi connectivity index (χ1n) is 4.75. The first-order chi connectivity index (χ1) is 7.04. The molecule has 0 radical (unpaired) electrons. The van der Waals surface area contributed by atoms with Crippen molar-refractivity contribution in [3.63, 3.8) is 0 Å². The molecule has 0 aliphatic carbocycles. The van der Waals surface area contributed by atoms with Crippen LogP contribution in [0.15, 0.2) is 18.2 Å². The minimum atomic E-state index is -1.80. The Balaban J connectivity index is 3.03. The van der Waals surface area contributed by atoms with Gasteiger partial charge in [0.1, 0.15) is 11.5 Å². The van der Waals surface area contributed by atoms with E-state index < -0.39 is 7.32 Å². The number of methoxy groups -OCH3 is 1. The summed E-state index contributed by atoms with van der Waals surface area (Å²) in [4.78, 5) is 0. The molecule has 0 fully saturated rings. The summed E-state index contributed by atoms with van der Waals surface area (Å²) < 4.78 is 9.95. The molecule has 0 unspecified atom stereocenters. The molecule has 1 rings (SSSR count). The van der Waals surface area contributed by atoms with Crippen LogP contribution in [0.3, 0.4) is 0 Å². The second-order valence-corrected chi connectivity index (χ2v) is 3.50. The molecule has 0 aliphatic rings. The van der Waals surface area contributed by atoms with Gasteiger partial charge in [-0.2, -0.15) is 0 Å². The van der Waals surface area contributed by atoms with Gasteiger partial charge in [0, 0.05) is 0 Å². The second kappa shape index (κ2) is 5.05. The fraction of sp³-hybridized carbons (Fsp3) is 0.400. The molecule has 0 aliphatic heterocycles. The monoisotopic (exact) mass is 210 g/mol. The second-order valence-electron chi connectivity index (χ2n) is 3.50. The number of ether oxygens (including phenoxy) is 1. The number of benzene rings is 1. The molecule has 0 atom stereocenters. The molecule has 0 saturated heterocycles. The van der Waals surface area contributed by atoms with E-state index in [9.17, 15) is 0 Å². The molecular formula is C10H15BO4. The van der Waals surface area contributed by atoms with Crippen molar-refractivity contribution in [3.8, 4) is 11.5 Å². The van der Waals surface area contributed by atoms with Crippen molar-refractivity contribution < 1.29 is 19.4 Å². The van der Waals surface area contributed by atoms with Crippen LogP contribution in [-0.4, -0.2) is 24.5 Å². The smallest absolute Gasteiger partial charge is 0.512 e. The van der Waals surface area contributed by atoms with Crippen molar-refractivity contribution in [1.29, 1.82) is 0 Å². The Labute approximate surface area is 89.6 Å². The Hall–Kier alpha value is -1.20. The van der Waals surface area contributed by atoms with E-state index in [2.05, 4.69) is 0 Å². The van der Waals surface area contributed by atoms with Crippen molar-refractivity contribution in [2.24, 2.45) is 0 Å². The molecule has 0 aromatic heterocycles. The zero-order valence-corrected chi connectivity index (χ0v) is 9.10. The Kier molecular flexibility index (Phi) is 4.00. The maximum Gasteiger partial charge on any atom is 0.707 e. The summed E-state index contributed by atoms with van der Waals surface area (Å²) >= 11 is 0. The van der Waals surface area contributed by atoms with E-state index in [0.29, 0.717) is 5.75 Å². The van der Waals surface area contributed by atoms with Crippen molar-refractivity contribution in [3.05, 3.63) is 23.8 Å². The summed E-state index contributed by atoms with van der Waals surface area (Å²) in [7, 11) is -0.211. The fourth-order valence-corrected chi connectivity index (χ4v) is 1.33. The molecule has 1 aromatic rings. The Morgan fingerprint density at radius 2 is 1.93 bits per heavy atom. The van der Waals surface area contributed by atoms with E-state index in [4.69, 9.17) is 19.4 Å². The summed E-state index contributed by atoms with van der Waals surface area (Å²) in [6.07, 6.45) is 0. The maximum absolute atomic E-state index is 8.74. The summed E-state index contributed by atoms with van der Waals surface area (Å²) in [5, 5.41) is 17.5. The standard InChI is InChI=1S/C10H15BO4/c1-7(2)9-6-8(14-3)4-5-10(9)15-11(12)13/h4-7,12-13H,1-3H3. The van der Waals surface area contributed by atoms with Crippen LogP contribution in [0.25, 0.3) is 0 Å². The highest BCUT2D eigenvalue weighted by Gasteiger charge is 2.16. The van der Waals surface area contributed by atoms with Gasteiger partial charge in [-0.05, 0) is 29.7 Å². The van der Waals surface area contributed by atoms with E-state index in [1.165, 1.54) is 0 Å². The summed E-state index contributed by atoms with van der Waals surface area (Å²) in [6, 6.07) is 5.19. The van der Waals surface area contributed by atoms with Crippen molar-refractivity contribution >= 4 is 7.32 Å². The van der Waals surface area contributed by atoms with E-state index in [0.717, 1.165) is 11.3 Å². The van der Waals surface area contributed by atoms with E-state index in [1.54, 1.807) is 19.2 Å². The average molecular weight is 210 g/mol. The molecule has 0 saturated carbocycles. The third-order valence-corrected chi connectivity index (χ3v) is 2.07. The van der Waals surface area contributed by atoms with Gasteiger partial charge in [-0.15, -0.1) is 0 Å². The molecule has 15 heavy (non-hydrogen) atoms. The molecule has 2 N–H and O–H groups in total. The topological polar surface area (TPSA) is 58.9 Å². The van der Waals surface area contributed by atoms with Crippen molar-refractivity contribution in [2.45, 2.75) is 19.8 Å². The quantitative estimate of drug-likeness (QED) is 0.732. The van der Waals surface area contributed by atoms with Crippen LogP contribution < -0.4 is 9.39 Å². The van der Waals surface area contributed by atoms with Crippen LogP contribution in [-0.2, 0) is 0 Å². The predicted molar refractivity (Wildman–Crippen MR) is 57.9 cm³/mol. The number of rotatable bonds is 4. The van der Waals surface area contributed by atoms with Gasteiger partial charge in [-0.25, -0.2) is 0 Å². The zero-order chi connectivity index (χ0) is 11.4. The van der Waals surface area contributed by atoms with Gasteiger partial charge >= 0.3 is 7.32 Å². The highest BCUT2D eigenvalue weighted by atomic mass is 16.6. The van der Waals surface area contributed by atoms with Gasteiger partial charge in [0.05, 0.1) is 7.11 Å². The van der Waals surface area contributed by atoms with Gasteiger partial charge in [-0.3, -0.25) is 0 Å². The highest BCUT2D eigenvalue weighted by Crippen LogP contribution is 2.30. The van der Waals surface area contributed by atoms with Gasteiger partial charge in [0.25, 0.3) is 0 Å². The van der Waals surface area contributed by atoms with Crippen LogP contribution in [0, 0.1) is 0 Å². The lowest BCUT2D eigenvalue weighted by atomic mass is 10.0. The number of hydrogen-bond acceptors (Lipinski definition) is 4. The SMILES string of the molecule is COc1ccc(OB(O)O)c(C(C)C)c1. The predicted octanol–water partition coefficient (Wildman–Crippen LogP) is 1.17. The molecule has 0 amide bonds.